The van der Waals surface area contributed by atoms with Gasteiger partial charge in [0.25, 0.3) is 0 Å². The van der Waals surface area contributed by atoms with Crippen molar-refractivity contribution in [2.45, 2.75) is 12.8 Å². The van der Waals surface area contributed by atoms with E-state index >= 15 is 0 Å². The number of nitrogens with one attached hydrogen (secondary N) is 1. The Kier molecular flexibility index (Phi) is 6.25. The van der Waals surface area contributed by atoms with E-state index in [9.17, 15) is 18.0 Å². The molecule has 3 N–H and O–H groups in total. The van der Waals surface area contributed by atoms with Crippen LogP contribution in [0.25, 0.3) is 0 Å². The predicted molar refractivity (Wildman–Crippen MR) is 98.9 cm³/mol. The van der Waals surface area contributed by atoms with Crippen molar-refractivity contribution in [3.63, 3.8) is 0 Å². The van der Waals surface area contributed by atoms with Crippen LogP contribution < -0.4 is 15.8 Å². The zero-order valence-corrected chi connectivity index (χ0v) is 15.3. The van der Waals surface area contributed by atoms with E-state index in [1.165, 1.54) is 6.07 Å². The molecule has 0 spiro atoms. The Morgan fingerprint density at radius 3 is 2.50 bits per heavy atom. The van der Waals surface area contributed by atoms with E-state index in [2.05, 4.69) is 30.0 Å². The summed E-state index contributed by atoms with van der Waals surface area (Å²) < 4.78 is 46.0. The highest BCUT2D eigenvalue weighted by molar-refractivity contribution is 5.89. The van der Waals surface area contributed by atoms with Crippen LogP contribution in [0.4, 0.5) is 30.8 Å². The molecule has 0 aliphatic heterocycles. The lowest BCUT2D eigenvalue weighted by Crippen LogP contribution is -2.19. The van der Waals surface area contributed by atoms with E-state index in [0.29, 0.717) is 0 Å². The Morgan fingerprint density at radius 2 is 1.83 bits per heavy atom. The Labute approximate surface area is 168 Å². The number of rotatable bonds is 7. The number of nitrogen functional groups attached to an aromatic ring is 1. The topological polar surface area (TPSA) is 125 Å². The number of pyridine rings is 1. The van der Waals surface area contributed by atoms with Gasteiger partial charge in [0.15, 0.2) is 19.0 Å². The molecular formula is C18H15F3N6O3. The van der Waals surface area contributed by atoms with Crippen molar-refractivity contribution in [3.05, 3.63) is 60.0 Å². The molecule has 0 amide bonds. The standard InChI is InChI=1S/C18H15F3N6O3/c19-18(20,21)10-30-14-7-6-11(8-23-14)15(28)29-9-13-25-16(22)27-17(26-13)24-12-4-2-1-3-5-12/h1-8H,9-10H2,(H3,22,24,25,26,27). The maximum atomic E-state index is 12.1. The molecule has 3 aromatic rings. The number of carbonyl (C=O) groups excluding carboxylic acids is 1. The zero-order valence-electron chi connectivity index (χ0n) is 15.3. The number of aromatic nitrogens is 4. The molecular weight excluding hydrogens is 405 g/mol. The fourth-order valence-electron chi connectivity index (χ4n) is 2.16. The fraction of sp³-hybridized carbons (Fsp3) is 0.167. The van der Waals surface area contributed by atoms with E-state index in [4.69, 9.17) is 10.5 Å². The van der Waals surface area contributed by atoms with Crippen LogP contribution in [0.3, 0.4) is 0 Å². The zero-order chi connectivity index (χ0) is 21.6. The third kappa shape index (κ3) is 6.29. The average Bonchev–Trinajstić information content (AvgIpc) is 2.71. The van der Waals surface area contributed by atoms with Crippen LogP contribution in [0.15, 0.2) is 48.7 Å². The average molecular weight is 420 g/mol. The van der Waals surface area contributed by atoms with Gasteiger partial charge in [-0.2, -0.15) is 28.1 Å². The molecule has 0 saturated heterocycles. The second kappa shape index (κ2) is 9.03. The number of para-hydroxylation sites is 1. The Hall–Kier alpha value is -3.96. The quantitative estimate of drug-likeness (QED) is 0.555. The normalized spacial score (nSPS) is 11.0. The predicted octanol–water partition coefficient (Wildman–Crippen LogP) is 2.89. The first kappa shape index (κ1) is 20.8. The number of halogens is 3. The second-order valence-electron chi connectivity index (χ2n) is 5.79. The number of esters is 1. The van der Waals surface area contributed by atoms with Crippen molar-refractivity contribution in [1.29, 1.82) is 0 Å². The van der Waals surface area contributed by atoms with Gasteiger partial charge in [0.05, 0.1) is 5.56 Å². The molecule has 0 aliphatic rings. The van der Waals surface area contributed by atoms with E-state index in [1.54, 1.807) is 12.1 Å². The minimum Gasteiger partial charge on any atom is -0.468 e. The maximum Gasteiger partial charge on any atom is 0.422 e. The molecule has 0 unspecified atom stereocenters. The molecule has 30 heavy (non-hydrogen) atoms. The summed E-state index contributed by atoms with van der Waals surface area (Å²) in [5.74, 6) is -0.838. The van der Waals surface area contributed by atoms with Crippen LogP contribution in [-0.4, -0.2) is 38.7 Å². The fourth-order valence-corrected chi connectivity index (χ4v) is 2.16. The van der Waals surface area contributed by atoms with E-state index in [-0.39, 0.29) is 35.8 Å². The number of hydrogen-bond donors (Lipinski definition) is 2. The Balaban J connectivity index is 1.59. The van der Waals surface area contributed by atoms with Crippen LogP contribution in [0.5, 0.6) is 5.88 Å². The summed E-state index contributed by atoms with van der Waals surface area (Å²) in [6, 6.07) is 11.5. The lowest BCUT2D eigenvalue weighted by atomic mass is 10.3. The summed E-state index contributed by atoms with van der Waals surface area (Å²) in [6.45, 7) is -1.79. The maximum absolute atomic E-state index is 12.1. The molecule has 0 saturated carbocycles. The van der Waals surface area contributed by atoms with Crippen LogP contribution in [0.2, 0.25) is 0 Å². The molecule has 12 heteroatoms. The van der Waals surface area contributed by atoms with Gasteiger partial charge in [0, 0.05) is 18.0 Å². The minimum atomic E-state index is -4.49. The van der Waals surface area contributed by atoms with Crippen LogP contribution in [-0.2, 0) is 11.3 Å². The molecule has 1 aromatic carbocycles. The largest absolute Gasteiger partial charge is 0.468 e. The summed E-state index contributed by atoms with van der Waals surface area (Å²) in [5, 5.41) is 2.95. The number of hydrogen-bond acceptors (Lipinski definition) is 9. The molecule has 0 bridgehead atoms. The van der Waals surface area contributed by atoms with E-state index < -0.39 is 18.8 Å². The van der Waals surface area contributed by atoms with Gasteiger partial charge in [-0.15, -0.1) is 0 Å². The van der Waals surface area contributed by atoms with Gasteiger partial charge in [-0.1, -0.05) is 18.2 Å². The lowest BCUT2D eigenvalue weighted by Gasteiger charge is -2.09. The summed E-state index contributed by atoms with van der Waals surface area (Å²) >= 11 is 0. The first-order valence-electron chi connectivity index (χ1n) is 8.44. The van der Waals surface area contributed by atoms with Gasteiger partial charge in [-0.3, -0.25) is 0 Å². The third-order valence-electron chi connectivity index (χ3n) is 3.42. The summed E-state index contributed by atoms with van der Waals surface area (Å²) in [6.07, 6.45) is -3.45. The Morgan fingerprint density at radius 1 is 1.07 bits per heavy atom. The smallest absolute Gasteiger partial charge is 0.422 e. The summed E-state index contributed by atoms with van der Waals surface area (Å²) in [5.41, 5.74) is 6.40. The lowest BCUT2D eigenvalue weighted by molar-refractivity contribution is -0.154. The molecule has 0 aliphatic carbocycles. The number of ether oxygens (including phenoxy) is 2. The van der Waals surface area contributed by atoms with Crippen molar-refractivity contribution < 1.29 is 27.4 Å². The van der Waals surface area contributed by atoms with E-state index in [0.717, 1.165) is 18.0 Å². The SMILES string of the molecule is Nc1nc(COC(=O)c2ccc(OCC(F)(F)F)nc2)nc(Nc2ccccc2)n1. The highest BCUT2D eigenvalue weighted by atomic mass is 19.4. The summed E-state index contributed by atoms with van der Waals surface area (Å²) in [4.78, 5) is 27.7. The first-order chi connectivity index (χ1) is 14.3. The van der Waals surface area contributed by atoms with Crippen LogP contribution in [0, 0.1) is 0 Å². The summed E-state index contributed by atoms with van der Waals surface area (Å²) in [7, 11) is 0. The highest BCUT2D eigenvalue weighted by Gasteiger charge is 2.28. The highest BCUT2D eigenvalue weighted by Crippen LogP contribution is 2.17. The number of nitrogens with two attached hydrogens (primary N) is 1. The molecule has 0 atom stereocenters. The number of alkyl halides is 3. The van der Waals surface area contributed by atoms with Crippen molar-refractivity contribution >= 4 is 23.6 Å². The number of carbonyl (C=O) groups is 1. The van der Waals surface area contributed by atoms with Gasteiger partial charge < -0.3 is 20.5 Å². The van der Waals surface area contributed by atoms with Gasteiger partial charge >= 0.3 is 12.1 Å². The van der Waals surface area contributed by atoms with Gasteiger partial charge in [0.2, 0.25) is 17.8 Å². The molecule has 2 heterocycles. The second-order valence-corrected chi connectivity index (χ2v) is 5.79. The van der Waals surface area contributed by atoms with Crippen molar-refractivity contribution in [1.82, 2.24) is 19.9 Å². The van der Waals surface area contributed by atoms with E-state index in [1.807, 2.05) is 18.2 Å². The molecule has 0 fully saturated rings. The van der Waals surface area contributed by atoms with Crippen molar-refractivity contribution in [2.24, 2.45) is 0 Å². The molecule has 156 valence electrons. The molecule has 0 radical (unpaired) electrons. The van der Waals surface area contributed by atoms with Crippen LogP contribution >= 0.6 is 0 Å². The molecule has 2 aromatic heterocycles. The molecule has 3 rings (SSSR count). The first-order valence-corrected chi connectivity index (χ1v) is 8.44. The van der Waals surface area contributed by atoms with Crippen molar-refractivity contribution in [2.75, 3.05) is 17.7 Å². The van der Waals surface area contributed by atoms with Gasteiger partial charge in [0.1, 0.15) is 0 Å². The molecule has 9 nitrogen and oxygen atoms in total. The Bertz CT molecular complexity index is 1000. The van der Waals surface area contributed by atoms with Gasteiger partial charge in [-0.05, 0) is 18.2 Å². The number of anilines is 3. The monoisotopic (exact) mass is 420 g/mol. The van der Waals surface area contributed by atoms with Crippen LogP contribution in [0.1, 0.15) is 16.2 Å². The number of nitrogens with zero attached hydrogens (tertiary/aromatic N) is 4. The van der Waals surface area contributed by atoms with Crippen molar-refractivity contribution in [3.8, 4) is 5.88 Å². The van der Waals surface area contributed by atoms with Gasteiger partial charge in [-0.25, -0.2) is 9.78 Å². The minimum absolute atomic E-state index is 0.0130. The third-order valence-corrected chi connectivity index (χ3v) is 3.42. The number of benzene rings is 1.